The Hall–Kier alpha value is -1.84. The molecule has 0 bridgehead atoms. The number of nitrogens with zero attached hydrogens (tertiary/aromatic N) is 1. The van der Waals surface area contributed by atoms with E-state index in [1.807, 2.05) is 30.3 Å². The van der Waals surface area contributed by atoms with E-state index in [9.17, 15) is 4.79 Å². The number of carbonyl (C=O) groups excluding carboxylic acids is 1. The fourth-order valence-electron chi connectivity index (χ4n) is 2.42. The van der Waals surface area contributed by atoms with Crippen molar-refractivity contribution in [2.24, 2.45) is 10.6 Å². The van der Waals surface area contributed by atoms with Gasteiger partial charge >= 0.3 is 5.97 Å². The number of ether oxygens (including phenoxy) is 1. The number of benzene rings is 1. The maximum absolute atomic E-state index is 11.8. The second kappa shape index (κ2) is 6.36. The van der Waals surface area contributed by atoms with Crippen molar-refractivity contribution in [3.63, 3.8) is 0 Å². The van der Waals surface area contributed by atoms with Crippen LogP contribution in [0, 0.1) is 5.41 Å². The quantitative estimate of drug-likeness (QED) is 0.465. The van der Waals surface area contributed by atoms with Crippen LogP contribution in [0.4, 0.5) is 0 Å². The molecule has 0 saturated heterocycles. The van der Waals surface area contributed by atoms with E-state index in [0.717, 1.165) is 31.2 Å². The van der Waals surface area contributed by atoms with Gasteiger partial charge in [0.25, 0.3) is 0 Å². The summed E-state index contributed by atoms with van der Waals surface area (Å²) < 4.78 is 4.87. The monoisotopic (exact) mass is 261 g/mol. The maximum Gasteiger partial charge on any atom is 0.317 e. The lowest BCUT2D eigenvalue weighted by Crippen LogP contribution is -2.31. The third kappa shape index (κ3) is 3.34. The van der Waals surface area contributed by atoms with Gasteiger partial charge in [0, 0.05) is 0 Å². The van der Waals surface area contributed by atoms with E-state index in [0.29, 0.717) is 6.61 Å². The summed E-state index contributed by atoms with van der Waals surface area (Å²) in [7, 11) is 1.42. The van der Waals surface area contributed by atoms with Crippen LogP contribution in [0.1, 0.15) is 31.2 Å². The van der Waals surface area contributed by atoms with Gasteiger partial charge in [0.2, 0.25) is 0 Å². The molecule has 1 aliphatic rings. The Morgan fingerprint density at radius 3 is 2.63 bits per heavy atom. The van der Waals surface area contributed by atoms with Crippen LogP contribution < -0.4 is 0 Å². The lowest BCUT2D eigenvalue weighted by molar-refractivity contribution is -0.148. The molecule has 1 fully saturated rings. The first-order valence-corrected chi connectivity index (χ1v) is 6.56. The van der Waals surface area contributed by atoms with Gasteiger partial charge in [-0.05, 0) is 18.4 Å². The molecular weight excluding hydrogens is 242 g/mol. The Balaban J connectivity index is 1.91. The highest BCUT2D eigenvalue weighted by atomic mass is 16.6. The maximum atomic E-state index is 11.8. The molecule has 0 heterocycles. The molecule has 0 aliphatic heterocycles. The second-order valence-electron chi connectivity index (χ2n) is 4.85. The van der Waals surface area contributed by atoms with Crippen LogP contribution in [0.25, 0.3) is 0 Å². The van der Waals surface area contributed by atoms with Gasteiger partial charge in [-0.1, -0.05) is 48.3 Å². The fraction of sp³-hybridized carbons (Fsp3) is 0.467. The molecule has 1 aliphatic carbocycles. The van der Waals surface area contributed by atoms with Crippen LogP contribution in [0.5, 0.6) is 0 Å². The SMILES string of the molecule is COC(=O)C1(/C=N/OCc2ccccc2)CCCC1. The standard InChI is InChI=1S/C15H19NO3/c1-18-14(17)15(9-5-6-10-15)12-16-19-11-13-7-3-2-4-8-13/h2-4,7-8,12H,5-6,9-11H2,1H3/b16-12+. The van der Waals surface area contributed by atoms with Crippen molar-refractivity contribution in [3.05, 3.63) is 35.9 Å². The van der Waals surface area contributed by atoms with Gasteiger partial charge in [-0.15, -0.1) is 0 Å². The van der Waals surface area contributed by atoms with Crippen LogP contribution in [-0.4, -0.2) is 19.3 Å². The number of carbonyl (C=O) groups is 1. The normalized spacial score (nSPS) is 17.5. The highest BCUT2D eigenvalue weighted by molar-refractivity contribution is 5.95. The number of methoxy groups -OCH3 is 1. The summed E-state index contributed by atoms with van der Waals surface area (Å²) in [5, 5.41) is 3.96. The first-order valence-electron chi connectivity index (χ1n) is 6.56. The summed E-state index contributed by atoms with van der Waals surface area (Å²) in [5.74, 6) is -0.211. The molecule has 1 aromatic rings. The Morgan fingerprint density at radius 2 is 2.00 bits per heavy atom. The largest absolute Gasteiger partial charge is 0.468 e. The molecule has 0 unspecified atom stereocenters. The Kier molecular flexibility index (Phi) is 4.55. The van der Waals surface area contributed by atoms with Crippen molar-refractivity contribution in [1.29, 1.82) is 0 Å². The van der Waals surface area contributed by atoms with E-state index in [-0.39, 0.29) is 5.97 Å². The highest BCUT2D eigenvalue weighted by Crippen LogP contribution is 2.37. The van der Waals surface area contributed by atoms with Crippen molar-refractivity contribution in [3.8, 4) is 0 Å². The van der Waals surface area contributed by atoms with Gasteiger partial charge in [0.1, 0.15) is 12.0 Å². The first kappa shape index (κ1) is 13.6. The number of oxime groups is 1. The number of esters is 1. The Labute approximate surface area is 113 Å². The van der Waals surface area contributed by atoms with E-state index in [1.54, 1.807) is 6.21 Å². The first-order chi connectivity index (χ1) is 9.27. The van der Waals surface area contributed by atoms with Gasteiger partial charge in [0.15, 0.2) is 0 Å². The molecule has 0 radical (unpaired) electrons. The smallest absolute Gasteiger partial charge is 0.317 e. The van der Waals surface area contributed by atoms with Gasteiger partial charge in [-0.25, -0.2) is 0 Å². The van der Waals surface area contributed by atoms with Crippen molar-refractivity contribution in [2.45, 2.75) is 32.3 Å². The fourth-order valence-corrected chi connectivity index (χ4v) is 2.42. The van der Waals surface area contributed by atoms with Gasteiger partial charge in [-0.3, -0.25) is 4.79 Å². The van der Waals surface area contributed by atoms with Crippen molar-refractivity contribution < 1.29 is 14.4 Å². The van der Waals surface area contributed by atoms with E-state index < -0.39 is 5.41 Å². The predicted octanol–water partition coefficient (Wildman–Crippen LogP) is 2.92. The van der Waals surface area contributed by atoms with E-state index in [4.69, 9.17) is 9.57 Å². The molecule has 19 heavy (non-hydrogen) atoms. The molecule has 4 heteroatoms. The van der Waals surface area contributed by atoms with Crippen LogP contribution in [-0.2, 0) is 21.0 Å². The summed E-state index contributed by atoms with van der Waals surface area (Å²) in [6.07, 6.45) is 5.25. The summed E-state index contributed by atoms with van der Waals surface area (Å²) in [5.41, 5.74) is 0.476. The van der Waals surface area contributed by atoms with Crippen LogP contribution >= 0.6 is 0 Å². The van der Waals surface area contributed by atoms with Crippen LogP contribution in [0.2, 0.25) is 0 Å². The third-order valence-electron chi connectivity index (χ3n) is 3.54. The highest BCUT2D eigenvalue weighted by Gasteiger charge is 2.41. The summed E-state index contributed by atoms with van der Waals surface area (Å²) >= 11 is 0. The lowest BCUT2D eigenvalue weighted by Gasteiger charge is -2.19. The van der Waals surface area contributed by atoms with Crippen molar-refractivity contribution >= 4 is 12.2 Å². The summed E-state index contributed by atoms with van der Waals surface area (Å²) in [4.78, 5) is 17.1. The van der Waals surface area contributed by atoms with E-state index in [1.165, 1.54) is 7.11 Å². The van der Waals surface area contributed by atoms with E-state index >= 15 is 0 Å². The minimum absolute atomic E-state index is 0.211. The molecule has 1 aromatic carbocycles. The van der Waals surface area contributed by atoms with Crippen LogP contribution in [0.3, 0.4) is 0 Å². The molecule has 102 valence electrons. The summed E-state index contributed by atoms with van der Waals surface area (Å²) in [6, 6.07) is 9.81. The zero-order valence-corrected chi connectivity index (χ0v) is 11.2. The zero-order valence-electron chi connectivity index (χ0n) is 11.2. The number of hydrogen-bond donors (Lipinski definition) is 0. The van der Waals surface area contributed by atoms with Crippen LogP contribution in [0.15, 0.2) is 35.5 Å². The average molecular weight is 261 g/mol. The van der Waals surface area contributed by atoms with Crippen molar-refractivity contribution in [1.82, 2.24) is 0 Å². The molecule has 2 rings (SSSR count). The average Bonchev–Trinajstić information content (AvgIpc) is 2.94. The summed E-state index contributed by atoms with van der Waals surface area (Å²) in [6.45, 7) is 0.411. The number of hydrogen-bond acceptors (Lipinski definition) is 4. The minimum atomic E-state index is -0.578. The third-order valence-corrected chi connectivity index (χ3v) is 3.54. The zero-order chi connectivity index (χ0) is 13.6. The molecule has 0 amide bonds. The van der Waals surface area contributed by atoms with Crippen molar-refractivity contribution in [2.75, 3.05) is 7.11 Å². The molecular formula is C15H19NO3. The molecule has 0 N–H and O–H groups in total. The topological polar surface area (TPSA) is 47.9 Å². The van der Waals surface area contributed by atoms with E-state index in [2.05, 4.69) is 5.16 Å². The van der Waals surface area contributed by atoms with Gasteiger partial charge in [0.05, 0.1) is 13.3 Å². The van der Waals surface area contributed by atoms with Gasteiger partial charge in [-0.2, -0.15) is 0 Å². The minimum Gasteiger partial charge on any atom is -0.468 e. The van der Waals surface area contributed by atoms with Gasteiger partial charge < -0.3 is 9.57 Å². The molecule has 0 spiro atoms. The predicted molar refractivity (Wildman–Crippen MR) is 72.6 cm³/mol. The molecule has 0 atom stereocenters. The number of rotatable bonds is 5. The molecule has 0 aromatic heterocycles. The molecule has 1 saturated carbocycles. The Morgan fingerprint density at radius 1 is 1.32 bits per heavy atom. The molecule has 4 nitrogen and oxygen atoms in total. The second-order valence-corrected chi connectivity index (χ2v) is 4.85. The lowest BCUT2D eigenvalue weighted by atomic mass is 9.88. The Bertz CT molecular complexity index is 436.